The van der Waals surface area contributed by atoms with Crippen molar-refractivity contribution in [3.63, 3.8) is 0 Å². The van der Waals surface area contributed by atoms with Crippen molar-refractivity contribution >= 4 is 33.4 Å². The summed E-state index contributed by atoms with van der Waals surface area (Å²) < 4.78 is 32.4. The summed E-state index contributed by atoms with van der Waals surface area (Å²) in [4.78, 5) is 13.7. The highest BCUT2D eigenvalue weighted by Crippen LogP contribution is 2.24. The van der Waals surface area contributed by atoms with Crippen LogP contribution in [0.15, 0.2) is 47.4 Å². The second-order valence-electron chi connectivity index (χ2n) is 6.27. The molecule has 0 saturated carbocycles. The molecule has 1 unspecified atom stereocenters. The number of anilines is 1. The molecule has 0 spiro atoms. The van der Waals surface area contributed by atoms with Crippen LogP contribution in [-0.4, -0.2) is 33.7 Å². The maximum Gasteiger partial charge on any atom is 0.414 e. The summed E-state index contributed by atoms with van der Waals surface area (Å²) in [6.07, 6.45) is -1.06. The maximum absolute atomic E-state index is 12.3. The van der Waals surface area contributed by atoms with Gasteiger partial charge in [-0.25, -0.2) is 17.9 Å². The molecule has 8 heteroatoms. The van der Waals surface area contributed by atoms with Crippen LogP contribution in [-0.2, 0) is 14.8 Å². The van der Waals surface area contributed by atoms with Crippen molar-refractivity contribution in [1.29, 1.82) is 0 Å². The standard InChI is InChI=1S/C18H19ClN2O4S/c1-12-6-13(2)8-15(7-12)21-11-16(25-18(21)22)10-20-26(23,24)17-5-3-4-14(19)9-17/h3-9,16,20H,10-11H2,1-2H3. The zero-order valence-corrected chi connectivity index (χ0v) is 16.0. The molecule has 0 aromatic heterocycles. The average Bonchev–Trinajstić information content (AvgIpc) is 2.93. The summed E-state index contributed by atoms with van der Waals surface area (Å²) in [5.74, 6) is 0. The lowest BCUT2D eigenvalue weighted by atomic mass is 10.1. The van der Waals surface area contributed by atoms with Gasteiger partial charge in [-0.2, -0.15) is 0 Å². The van der Waals surface area contributed by atoms with Gasteiger partial charge in [0.1, 0.15) is 6.10 Å². The minimum atomic E-state index is -3.73. The van der Waals surface area contributed by atoms with Crippen molar-refractivity contribution in [2.75, 3.05) is 18.0 Å². The Morgan fingerprint density at radius 2 is 1.88 bits per heavy atom. The van der Waals surface area contributed by atoms with Crippen molar-refractivity contribution in [2.45, 2.75) is 24.8 Å². The predicted molar refractivity (Wildman–Crippen MR) is 100 cm³/mol. The van der Waals surface area contributed by atoms with Gasteiger partial charge in [0.25, 0.3) is 0 Å². The lowest BCUT2D eigenvalue weighted by molar-refractivity contribution is 0.143. The predicted octanol–water partition coefficient (Wildman–Crippen LogP) is 3.26. The number of nitrogens with zero attached hydrogens (tertiary/aromatic N) is 1. The number of cyclic esters (lactones) is 1. The zero-order valence-electron chi connectivity index (χ0n) is 14.4. The van der Waals surface area contributed by atoms with E-state index in [1.54, 1.807) is 12.1 Å². The van der Waals surface area contributed by atoms with Gasteiger partial charge >= 0.3 is 6.09 Å². The number of carbonyl (C=O) groups excluding carboxylic acids is 1. The average molecular weight is 395 g/mol. The van der Waals surface area contributed by atoms with Gasteiger partial charge in [-0.05, 0) is 55.3 Å². The van der Waals surface area contributed by atoms with Gasteiger partial charge in [0.05, 0.1) is 11.4 Å². The molecule has 1 aliphatic heterocycles. The van der Waals surface area contributed by atoms with Crippen molar-refractivity contribution < 1.29 is 17.9 Å². The van der Waals surface area contributed by atoms with E-state index in [4.69, 9.17) is 16.3 Å². The van der Waals surface area contributed by atoms with Crippen molar-refractivity contribution in [2.24, 2.45) is 0 Å². The highest BCUT2D eigenvalue weighted by atomic mass is 35.5. The normalized spacial score (nSPS) is 17.4. The van der Waals surface area contributed by atoms with Gasteiger partial charge in [0.15, 0.2) is 0 Å². The molecule has 1 N–H and O–H groups in total. The fraction of sp³-hybridized carbons (Fsp3) is 0.278. The molecule has 2 aromatic carbocycles. The molecule has 26 heavy (non-hydrogen) atoms. The Balaban J connectivity index is 1.68. The molecule has 3 rings (SSSR count). The van der Waals surface area contributed by atoms with Gasteiger partial charge in [-0.1, -0.05) is 23.7 Å². The lowest BCUT2D eigenvalue weighted by Gasteiger charge is -2.15. The topological polar surface area (TPSA) is 75.7 Å². The molecule has 2 aromatic rings. The van der Waals surface area contributed by atoms with Crippen LogP contribution in [0.3, 0.4) is 0 Å². The van der Waals surface area contributed by atoms with E-state index in [-0.39, 0.29) is 18.0 Å². The van der Waals surface area contributed by atoms with Crippen LogP contribution in [0.5, 0.6) is 0 Å². The molecule has 0 radical (unpaired) electrons. The highest BCUT2D eigenvalue weighted by molar-refractivity contribution is 7.89. The molecule has 1 saturated heterocycles. The van der Waals surface area contributed by atoms with Gasteiger partial charge in [0.2, 0.25) is 10.0 Å². The zero-order chi connectivity index (χ0) is 18.9. The van der Waals surface area contributed by atoms with E-state index >= 15 is 0 Å². The van der Waals surface area contributed by atoms with E-state index in [0.29, 0.717) is 5.02 Å². The number of hydrogen-bond acceptors (Lipinski definition) is 4. The minimum absolute atomic E-state index is 0.0120. The van der Waals surface area contributed by atoms with Crippen LogP contribution in [0, 0.1) is 13.8 Å². The van der Waals surface area contributed by atoms with Crippen LogP contribution in [0.4, 0.5) is 10.5 Å². The van der Waals surface area contributed by atoms with Gasteiger partial charge in [-0.3, -0.25) is 4.90 Å². The molecule has 138 valence electrons. The molecule has 1 fully saturated rings. The van der Waals surface area contributed by atoms with E-state index in [2.05, 4.69) is 4.72 Å². The SMILES string of the molecule is Cc1cc(C)cc(N2CC(CNS(=O)(=O)c3cccc(Cl)c3)OC2=O)c1. The number of benzene rings is 2. The monoisotopic (exact) mass is 394 g/mol. The Bertz CT molecular complexity index is 926. The van der Waals surface area contributed by atoms with Crippen molar-refractivity contribution in [1.82, 2.24) is 4.72 Å². The number of carbonyl (C=O) groups is 1. The first kappa shape index (κ1) is 18.7. The molecular formula is C18H19ClN2O4S. The number of hydrogen-bond donors (Lipinski definition) is 1. The molecular weight excluding hydrogens is 376 g/mol. The van der Waals surface area contributed by atoms with Crippen molar-refractivity contribution in [3.05, 3.63) is 58.6 Å². The number of rotatable bonds is 5. The van der Waals surface area contributed by atoms with E-state index in [0.717, 1.165) is 16.8 Å². The molecule has 0 aliphatic carbocycles. The van der Waals surface area contributed by atoms with Crippen LogP contribution in [0.1, 0.15) is 11.1 Å². The second kappa shape index (κ2) is 7.26. The fourth-order valence-corrected chi connectivity index (χ4v) is 4.23. The number of aryl methyl sites for hydroxylation is 2. The van der Waals surface area contributed by atoms with E-state index in [1.165, 1.54) is 17.0 Å². The Morgan fingerprint density at radius 1 is 1.19 bits per heavy atom. The van der Waals surface area contributed by atoms with Crippen LogP contribution >= 0.6 is 11.6 Å². The van der Waals surface area contributed by atoms with E-state index in [9.17, 15) is 13.2 Å². The van der Waals surface area contributed by atoms with E-state index in [1.807, 2.05) is 32.0 Å². The maximum atomic E-state index is 12.3. The van der Waals surface area contributed by atoms with Crippen LogP contribution < -0.4 is 9.62 Å². The summed E-state index contributed by atoms with van der Waals surface area (Å²) in [6, 6.07) is 11.8. The molecule has 1 amide bonds. The van der Waals surface area contributed by atoms with Crippen LogP contribution in [0.25, 0.3) is 0 Å². The van der Waals surface area contributed by atoms with Gasteiger partial charge in [0, 0.05) is 17.3 Å². The Kier molecular flexibility index (Phi) is 5.22. The summed E-state index contributed by atoms with van der Waals surface area (Å²) in [7, 11) is -3.73. The smallest absolute Gasteiger partial charge is 0.414 e. The first-order valence-corrected chi connectivity index (χ1v) is 9.92. The van der Waals surface area contributed by atoms with E-state index < -0.39 is 22.2 Å². The number of nitrogens with one attached hydrogen (secondary N) is 1. The third-order valence-corrected chi connectivity index (χ3v) is 5.66. The Hall–Kier alpha value is -2.09. The molecule has 1 atom stereocenters. The lowest BCUT2D eigenvalue weighted by Crippen LogP contribution is -2.34. The molecule has 1 heterocycles. The number of amides is 1. The number of ether oxygens (including phenoxy) is 1. The number of sulfonamides is 1. The summed E-state index contributed by atoms with van der Waals surface area (Å²) in [5, 5.41) is 0.334. The third-order valence-electron chi connectivity index (χ3n) is 4.00. The first-order valence-electron chi connectivity index (χ1n) is 8.06. The van der Waals surface area contributed by atoms with Crippen molar-refractivity contribution in [3.8, 4) is 0 Å². The highest BCUT2D eigenvalue weighted by Gasteiger charge is 2.33. The second-order valence-corrected chi connectivity index (χ2v) is 8.47. The van der Waals surface area contributed by atoms with Crippen LogP contribution in [0.2, 0.25) is 5.02 Å². The summed E-state index contributed by atoms with van der Waals surface area (Å²) >= 11 is 5.84. The summed E-state index contributed by atoms with van der Waals surface area (Å²) in [5.41, 5.74) is 2.82. The Labute approximate surface area is 157 Å². The third kappa shape index (κ3) is 4.17. The molecule has 0 bridgehead atoms. The minimum Gasteiger partial charge on any atom is -0.443 e. The summed E-state index contributed by atoms with van der Waals surface area (Å²) in [6.45, 7) is 4.17. The van der Waals surface area contributed by atoms with Gasteiger partial charge in [-0.15, -0.1) is 0 Å². The number of halogens is 1. The quantitative estimate of drug-likeness (QED) is 0.844. The fourth-order valence-electron chi connectivity index (χ4n) is 2.87. The molecule has 6 nitrogen and oxygen atoms in total. The van der Waals surface area contributed by atoms with Gasteiger partial charge < -0.3 is 4.74 Å². The first-order chi connectivity index (χ1) is 12.2. The molecule has 1 aliphatic rings. The largest absolute Gasteiger partial charge is 0.443 e. The Morgan fingerprint density at radius 3 is 2.54 bits per heavy atom.